The lowest BCUT2D eigenvalue weighted by atomic mass is 10.0. The van der Waals surface area contributed by atoms with Crippen LogP contribution >= 0.6 is 0 Å². The summed E-state index contributed by atoms with van der Waals surface area (Å²) in [6.45, 7) is 3.49. The van der Waals surface area contributed by atoms with E-state index in [4.69, 9.17) is 10.2 Å². The van der Waals surface area contributed by atoms with Gasteiger partial charge in [0.25, 0.3) is 0 Å². The second-order valence-corrected chi connectivity index (χ2v) is 3.38. The Balaban J connectivity index is 2.51. The average Bonchev–Trinajstić information content (AvgIpc) is 2.26. The number of aryl methyl sites for hydroxylation is 1. The van der Waals surface area contributed by atoms with Crippen LogP contribution < -0.4 is 0 Å². The van der Waals surface area contributed by atoms with Crippen LogP contribution in [0.2, 0.25) is 0 Å². The molecule has 0 heterocycles. The van der Waals surface area contributed by atoms with E-state index in [1.807, 2.05) is 24.3 Å². The molecule has 0 bridgehead atoms. The van der Waals surface area contributed by atoms with Gasteiger partial charge in [0.2, 0.25) is 0 Å². The minimum Gasteiger partial charge on any atom is -0.478 e. The van der Waals surface area contributed by atoms with E-state index in [9.17, 15) is 4.79 Å². The molecule has 0 aromatic heterocycles. The Bertz CT molecular complexity index is 352. The molecule has 1 aromatic rings. The van der Waals surface area contributed by atoms with E-state index < -0.39 is 5.97 Å². The van der Waals surface area contributed by atoms with Crippen molar-refractivity contribution in [2.75, 3.05) is 0 Å². The van der Waals surface area contributed by atoms with Gasteiger partial charge in [0.15, 0.2) is 0 Å². The quantitative estimate of drug-likeness (QED) is 0.721. The topological polar surface area (TPSA) is 57.5 Å². The van der Waals surface area contributed by atoms with Crippen LogP contribution in [0.15, 0.2) is 36.4 Å². The van der Waals surface area contributed by atoms with Crippen LogP contribution in [0, 0.1) is 0 Å². The minimum atomic E-state index is -0.943. The van der Waals surface area contributed by atoms with Crippen LogP contribution in [0.1, 0.15) is 17.5 Å². The van der Waals surface area contributed by atoms with Crippen molar-refractivity contribution in [3.8, 4) is 0 Å². The first-order valence-electron chi connectivity index (χ1n) is 4.73. The van der Waals surface area contributed by atoms with E-state index in [0.717, 1.165) is 11.1 Å². The normalized spacial score (nSPS) is 9.93. The van der Waals surface area contributed by atoms with Gasteiger partial charge in [-0.25, -0.2) is 4.79 Å². The second-order valence-electron chi connectivity index (χ2n) is 3.38. The molecular weight excluding hydrogens is 192 g/mol. The Kier molecular flexibility index (Phi) is 4.06. The molecule has 2 N–H and O–H groups in total. The third-order valence-corrected chi connectivity index (χ3v) is 2.22. The summed E-state index contributed by atoms with van der Waals surface area (Å²) in [6, 6.07) is 7.44. The molecule has 80 valence electrons. The lowest BCUT2D eigenvalue weighted by Crippen LogP contribution is -2.00. The smallest absolute Gasteiger partial charge is 0.330 e. The first-order chi connectivity index (χ1) is 7.13. The van der Waals surface area contributed by atoms with Crippen molar-refractivity contribution >= 4 is 5.97 Å². The van der Waals surface area contributed by atoms with E-state index in [-0.39, 0.29) is 12.2 Å². The van der Waals surface area contributed by atoms with Gasteiger partial charge in [-0.05, 0) is 24.0 Å². The minimum absolute atomic E-state index is 0.0299. The SMILES string of the molecule is C=C(CCc1ccc(CO)cc1)C(=O)O. The summed E-state index contributed by atoms with van der Waals surface area (Å²) in [4.78, 5) is 10.5. The summed E-state index contributed by atoms with van der Waals surface area (Å²) < 4.78 is 0. The fourth-order valence-electron chi connectivity index (χ4n) is 1.21. The summed E-state index contributed by atoms with van der Waals surface area (Å²) in [5.74, 6) is -0.943. The Morgan fingerprint density at radius 2 is 1.73 bits per heavy atom. The summed E-state index contributed by atoms with van der Waals surface area (Å²) in [5.41, 5.74) is 2.13. The van der Waals surface area contributed by atoms with Gasteiger partial charge in [-0.3, -0.25) is 0 Å². The zero-order valence-electron chi connectivity index (χ0n) is 8.44. The molecule has 0 aliphatic carbocycles. The lowest BCUT2D eigenvalue weighted by Gasteiger charge is -2.02. The van der Waals surface area contributed by atoms with Crippen LogP contribution in [0.3, 0.4) is 0 Å². The van der Waals surface area contributed by atoms with Gasteiger partial charge in [0, 0.05) is 5.57 Å². The molecule has 0 aliphatic rings. The van der Waals surface area contributed by atoms with Gasteiger partial charge in [-0.15, -0.1) is 0 Å². The maximum absolute atomic E-state index is 10.5. The molecule has 0 unspecified atom stereocenters. The highest BCUT2D eigenvalue weighted by Crippen LogP contribution is 2.09. The van der Waals surface area contributed by atoms with Crippen LogP contribution in [0.4, 0.5) is 0 Å². The number of carboxylic acid groups (broad SMARTS) is 1. The van der Waals surface area contributed by atoms with Crippen LogP contribution in [-0.2, 0) is 17.8 Å². The summed E-state index contributed by atoms with van der Waals surface area (Å²) >= 11 is 0. The molecule has 0 spiro atoms. The number of aliphatic hydroxyl groups excluding tert-OH is 1. The van der Waals surface area contributed by atoms with Crippen molar-refractivity contribution in [1.82, 2.24) is 0 Å². The standard InChI is InChI=1S/C12H14O3/c1-9(12(14)15)2-3-10-4-6-11(8-13)7-5-10/h4-7,13H,1-3,8H2,(H,14,15). The number of hydrogen-bond donors (Lipinski definition) is 2. The molecule has 0 saturated carbocycles. The zero-order valence-corrected chi connectivity index (χ0v) is 8.44. The molecule has 0 amide bonds. The molecule has 0 radical (unpaired) electrons. The third kappa shape index (κ3) is 3.56. The fraction of sp³-hybridized carbons (Fsp3) is 0.250. The van der Waals surface area contributed by atoms with E-state index in [2.05, 4.69) is 6.58 Å². The predicted molar refractivity (Wildman–Crippen MR) is 57.5 cm³/mol. The molecular formula is C12H14O3. The predicted octanol–water partition coefficient (Wildman–Crippen LogP) is 1.75. The zero-order chi connectivity index (χ0) is 11.3. The monoisotopic (exact) mass is 206 g/mol. The second kappa shape index (κ2) is 5.32. The first-order valence-corrected chi connectivity index (χ1v) is 4.73. The largest absolute Gasteiger partial charge is 0.478 e. The maximum atomic E-state index is 10.5. The lowest BCUT2D eigenvalue weighted by molar-refractivity contribution is -0.132. The number of aliphatic hydroxyl groups is 1. The molecule has 0 saturated heterocycles. The van der Waals surface area contributed by atoms with Gasteiger partial charge in [-0.1, -0.05) is 30.8 Å². The van der Waals surface area contributed by atoms with E-state index >= 15 is 0 Å². The van der Waals surface area contributed by atoms with Crippen LogP contribution in [0.25, 0.3) is 0 Å². The van der Waals surface area contributed by atoms with Gasteiger partial charge >= 0.3 is 5.97 Å². The number of carbonyl (C=O) groups is 1. The third-order valence-electron chi connectivity index (χ3n) is 2.22. The van der Waals surface area contributed by atoms with Gasteiger partial charge < -0.3 is 10.2 Å². The number of carboxylic acids is 1. The molecule has 0 atom stereocenters. The van der Waals surface area contributed by atoms with Crippen LogP contribution in [-0.4, -0.2) is 16.2 Å². The van der Waals surface area contributed by atoms with Crippen molar-refractivity contribution in [2.24, 2.45) is 0 Å². The number of aliphatic carboxylic acids is 1. The number of hydrogen-bond acceptors (Lipinski definition) is 2. The van der Waals surface area contributed by atoms with Crippen molar-refractivity contribution in [1.29, 1.82) is 0 Å². The van der Waals surface area contributed by atoms with Gasteiger partial charge in [0.05, 0.1) is 6.61 Å². The molecule has 15 heavy (non-hydrogen) atoms. The Morgan fingerprint density at radius 1 is 1.20 bits per heavy atom. The molecule has 0 fully saturated rings. The molecule has 3 heteroatoms. The number of rotatable bonds is 5. The highest BCUT2D eigenvalue weighted by Gasteiger charge is 2.03. The first kappa shape index (κ1) is 11.5. The van der Waals surface area contributed by atoms with Crippen molar-refractivity contribution < 1.29 is 15.0 Å². The average molecular weight is 206 g/mol. The molecule has 0 aliphatic heterocycles. The van der Waals surface area contributed by atoms with Crippen molar-refractivity contribution in [3.05, 3.63) is 47.5 Å². The Morgan fingerprint density at radius 3 is 2.20 bits per heavy atom. The van der Waals surface area contributed by atoms with Gasteiger partial charge in [-0.2, -0.15) is 0 Å². The maximum Gasteiger partial charge on any atom is 0.330 e. The molecule has 1 rings (SSSR count). The van der Waals surface area contributed by atoms with Crippen molar-refractivity contribution in [3.63, 3.8) is 0 Å². The van der Waals surface area contributed by atoms with Crippen molar-refractivity contribution in [2.45, 2.75) is 19.4 Å². The van der Waals surface area contributed by atoms with E-state index in [1.54, 1.807) is 0 Å². The summed E-state index contributed by atoms with van der Waals surface area (Å²) in [5, 5.41) is 17.4. The van der Waals surface area contributed by atoms with E-state index in [0.29, 0.717) is 12.8 Å². The molecule has 1 aromatic carbocycles. The highest BCUT2D eigenvalue weighted by atomic mass is 16.4. The summed E-state index contributed by atoms with van der Waals surface area (Å²) in [6.07, 6.45) is 1.12. The Labute approximate surface area is 88.7 Å². The highest BCUT2D eigenvalue weighted by molar-refractivity contribution is 5.85. The number of benzene rings is 1. The van der Waals surface area contributed by atoms with Gasteiger partial charge in [0.1, 0.15) is 0 Å². The molecule has 3 nitrogen and oxygen atoms in total. The fourth-order valence-corrected chi connectivity index (χ4v) is 1.21. The van der Waals surface area contributed by atoms with Crippen LogP contribution in [0.5, 0.6) is 0 Å². The Hall–Kier alpha value is -1.61. The van der Waals surface area contributed by atoms with E-state index in [1.165, 1.54) is 0 Å². The summed E-state index contributed by atoms with van der Waals surface area (Å²) in [7, 11) is 0.